The zero-order chi connectivity index (χ0) is 28.4. The van der Waals surface area contributed by atoms with Gasteiger partial charge in [-0.15, -0.1) is 0 Å². The molecule has 0 spiro atoms. The van der Waals surface area contributed by atoms with Crippen molar-refractivity contribution in [2.24, 2.45) is 11.8 Å². The number of nitrogens with one attached hydrogen (secondary N) is 2. The van der Waals surface area contributed by atoms with Crippen LogP contribution in [0.1, 0.15) is 80.8 Å². The standard InChI is InChI=1S/C34H42FN3O2/c1-22-9-5-15-29(35)30(22)33(40)38-20-8-14-28(32(39)37-27-13-6-10-24(21-27)34(2,3)4)31(38)23-16-18-26(19-17-23)36-25-11-7-12-25/h5-6,9-10,13,15-16,18-19,21,23,25,28,31,36H,7-8,11-12,14,17,20H2,1-4H3,(H,37,39)/t23?,28-,31-/m0/s1. The number of aryl methyl sites for hydroxylation is 1. The van der Waals surface area contributed by atoms with Crippen LogP contribution in [-0.4, -0.2) is 35.3 Å². The number of benzene rings is 2. The molecule has 2 aromatic carbocycles. The number of hydrogen-bond donors (Lipinski definition) is 2. The van der Waals surface area contributed by atoms with Crippen LogP contribution < -0.4 is 10.6 Å². The van der Waals surface area contributed by atoms with Gasteiger partial charge in [-0.3, -0.25) is 9.59 Å². The summed E-state index contributed by atoms with van der Waals surface area (Å²) >= 11 is 0. The quantitative estimate of drug-likeness (QED) is 0.417. The smallest absolute Gasteiger partial charge is 0.257 e. The monoisotopic (exact) mass is 543 g/mol. The minimum absolute atomic E-state index is 0.0417. The molecule has 2 aromatic rings. The van der Waals surface area contributed by atoms with Crippen molar-refractivity contribution >= 4 is 17.5 Å². The van der Waals surface area contributed by atoms with E-state index in [-0.39, 0.29) is 34.8 Å². The molecule has 1 unspecified atom stereocenters. The molecule has 2 amide bonds. The number of allylic oxidation sites excluding steroid dienone is 2. The van der Waals surface area contributed by atoms with E-state index in [9.17, 15) is 14.0 Å². The third-order valence-corrected chi connectivity index (χ3v) is 8.76. The predicted molar refractivity (Wildman–Crippen MR) is 159 cm³/mol. The summed E-state index contributed by atoms with van der Waals surface area (Å²) < 4.78 is 15.0. The SMILES string of the molecule is Cc1cccc(F)c1C(=O)N1CCC[C@H](C(=O)Nc2cccc(C(C)(C)C)c2)[C@@H]1C1C=CC(NC2CCC2)=CC1. The van der Waals surface area contributed by atoms with E-state index in [1.54, 1.807) is 24.0 Å². The van der Waals surface area contributed by atoms with Gasteiger partial charge in [0.2, 0.25) is 5.91 Å². The number of anilines is 1. The second-order valence-corrected chi connectivity index (χ2v) is 12.7. The van der Waals surface area contributed by atoms with E-state index in [0.717, 1.165) is 23.4 Å². The summed E-state index contributed by atoms with van der Waals surface area (Å²) in [6.07, 6.45) is 12.2. The van der Waals surface area contributed by atoms with Gasteiger partial charge >= 0.3 is 0 Å². The van der Waals surface area contributed by atoms with Crippen molar-refractivity contribution in [1.82, 2.24) is 10.2 Å². The molecule has 0 bridgehead atoms. The molecule has 212 valence electrons. The fraction of sp³-hybridized carbons (Fsp3) is 0.471. The Morgan fingerprint density at radius 2 is 1.80 bits per heavy atom. The molecule has 1 saturated heterocycles. The van der Waals surface area contributed by atoms with E-state index in [2.05, 4.69) is 55.7 Å². The highest BCUT2D eigenvalue weighted by Crippen LogP contribution is 2.36. The number of hydrogen-bond acceptors (Lipinski definition) is 3. The molecule has 2 aliphatic carbocycles. The number of carbonyl (C=O) groups excluding carboxylic acids is 2. The zero-order valence-corrected chi connectivity index (χ0v) is 24.2. The Hall–Kier alpha value is -3.41. The molecule has 3 atom stereocenters. The van der Waals surface area contributed by atoms with Gasteiger partial charge in [0.05, 0.1) is 17.5 Å². The first-order chi connectivity index (χ1) is 19.1. The third kappa shape index (κ3) is 6.01. The number of piperidine rings is 1. The van der Waals surface area contributed by atoms with Crippen LogP contribution in [0.25, 0.3) is 0 Å². The number of carbonyl (C=O) groups is 2. The summed E-state index contributed by atoms with van der Waals surface area (Å²) in [6.45, 7) is 8.72. The number of halogens is 1. The van der Waals surface area contributed by atoms with Gasteiger partial charge in [0.1, 0.15) is 5.82 Å². The fourth-order valence-electron chi connectivity index (χ4n) is 6.20. The maximum absolute atomic E-state index is 15.0. The highest BCUT2D eigenvalue weighted by Gasteiger charge is 2.43. The van der Waals surface area contributed by atoms with Crippen LogP contribution in [0, 0.1) is 24.6 Å². The Kier molecular flexibility index (Phi) is 8.16. The van der Waals surface area contributed by atoms with Gasteiger partial charge in [-0.1, -0.05) is 57.2 Å². The lowest BCUT2D eigenvalue weighted by molar-refractivity contribution is -0.123. The minimum atomic E-state index is -0.514. The van der Waals surface area contributed by atoms with Crippen molar-refractivity contribution in [2.45, 2.75) is 83.7 Å². The Labute approximate surface area is 237 Å². The van der Waals surface area contributed by atoms with Crippen molar-refractivity contribution in [1.29, 1.82) is 0 Å². The predicted octanol–water partition coefficient (Wildman–Crippen LogP) is 6.89. The van der Waals surface area contributed by atoms with Gasteiger partial charge in [-0.05, 0) is 86.3 Å². The van der Waals surface area contributed by atoms with Crippen LogP contribution >= 0.6 is 0 Å². The topological polar surface area (TPSA) is 61.4 Å². The first-order valence-corrected chi connectivity index (χ1v) is 14.7. The van der Waals surface area contributed by atoms with Gasteiger partial charge < -0.3 is 15.5 Å². The summed E-state index contributed by atoms with van der Waals surface area (Å²) in [6, 6.07) is 12.9. The summed E-state index contributed by atoms with van der Waals surface area (Å²) in [5, 5.41) is 6.76. The van der Waals surface area contributed by atoms with Crippen LogP contribution in [0.15, 0.2) is 66.4 Å². The van der Waals surface area contributed by atoms with E-state index in [1.165, 1.54) is 25.3 Å². The minimum Gasteiger partial charge on any atom is -0.383 e. The molecule has 0 radical (unpaired) electrons. The maximum atomic E-state index is 15.0. The Morgan fingerprint density at radius 1 is 1.02 bits per heavy atom. The molecule has 6 heteroatoms. The summed E-state index contributed by atoms with van der Waals surface area (Å²) in [7, 11) is 0. The molecule has 5 rings (SSSR count). The zero-order valence-electron chi connectivity index (χ0n) is 24.2. The van der Waals surface area contributed by atoms with Crippen molar-refractivity contribution in [2.75, 3.05) is 11.9 Å². The lowest BCUT2D eigenvalue weighted by Crippen LogP contribution is -2.55. The van der Waals surface area contributed by atoms with Crippen molar-refractivity contribution < 1.29 is 14.0 Å². The fourth-order valence-corrected chi connectivity index (χ4v) is 6.20. The van der Waals surface area contributed by atoms with Crippen LogP contribution in [0.4, 0.5) is 10.1 Å². The van der Waals surface area contributed by atoms with E-state index >= 15 is 0 Å². The van der Waals surface area contributed by atoms with Gasteiger partial charge in [-0.2, -0.15) is 0 Å². The van der Waals surface area contributed by atoms with Crippen LogP contribution in [0.5, 0.6) is 0 Å². The Balaban J connectivity index is 1.43. The van der Waals surface area contributed by atoms with E-state index in [0.29, 0.717) is 31.0 Å². The molecule has 40 heavy (non-hydrogen) atoms. The van der Waals surface area contributed by atoms with Crippen LogP contribution in [0.3, 0.4) is 0 Å². The summed E-state index contributed by atoms with van der Waals surface area (Å²) in [5.74, 6) is -1.38. The molecule has 2 N–H and O–H groups in total. The van der Waals surface area contributed by atoms with Crippen LogP contribution in [0.2, 0.25) is 0 Å². The summed E-state index contributed by atoms with van der Waals surface area (Å²) in [4.78, 5) is 29.6. The number of likely N-dealkylation sites (tertiary alicyclic amines) is 1. The molecule has 3 aliphatic rings. The number of rotatable bonds is 6. The molecular formula is C34H42FN3O2. The van der Waals surface area contributed by atoms with Crippen molar-refractivity contribution in [3.63, 3.8) is 0 Å². The third-order valence-electron chi connectivity index (χ3n) is 8.76. The molecule has 2 fully saturated rings. The Bertz CT molecular complexity index is 1300. The molecular weight excluding hydrogens is 501 g/mol. The normalized spacial score (nSPS) is 23.3. The average molecular weight is 544 g/mol. The molecule has 1 saturated carbocycles. The Morgan fingerprint density at radius 3 is 2.45 bits per heavy atom. The largest absolute Gasteiger partial charge is 0.383 e. The van der Waals surface area contributed by atoms with Gasteiger partial charge in [0.15, 0.2) is 0 Å². The van der Waals surface area contributed by atoms with Gasteiger partial charge in [0, 0.05) is 29.9 Å². The molecule has 0 aromatic heterocycles. The van der Waals surface area contributed by atoms with Crippen molar-refractivity contribution in [3.05, 3.63) is 88.9 Å². The average Bonchev–Trinajstić information content (AvgIpc) is 2.90. The first kappa shape index (κ1) is 28.1. The summed E-state index contributed by atoms with van der Waals surface area (Å²) in [5.41, 5.74) is 3.69. The second kappa shape index (κ2) is 11.6. The highest BCUT2D eigenvalue weighted by molar-refractivity contribution is 5.98. The van der Waals surface area contributed by atoms with Gasteiger partial charge in [0.25, 0.3) is 5.91 Å². The first-order valence-electron chi connectivity index (χ1n) is 14.7. The number of nitrogens with zero attached hydrogens (tertiary/aromatic N) is 1. The van der Waals surface area contributed by atoms with E-state index in [1.807, 2.05) is 18.2 Å². The molecule has 5 nitrogen and oxygen atoms in total. The highest BCUT2D eigenvalue weighted by atomic mass is 19.1. The lowest BCUT2D eigenvalue weighted by atomic mass is 9.77. The van der Waals surface area contributed by atoms with E-state index < -0.39 is 11.7 Å². The van der Waals surface area contributed by atoms with Crippen LogP contribution in [-0.2, 0) is 10.2 Å². The number of amides is 2. The maximum Gasteiger partial charge on any atom is 0.257 e. The molecule has 1 aliphatic heterocycles. The van der Waals surface area contributed by atoms with E-state index in [4.69, 9.17) is 0 Å². The molecule has 1 heterocycles. The second-order valence-electron chi connectivity index (χ2n) is 12.7. The lowest BCUT2D eigenvalue weighted by Gasteiger charge is -2.44. The van der Waals surface area contributed by atoms with Crippen molar-refractivity contribution in [3.8, 4) is 0 Å². The van der Waals surface area contributed by atoms with Gasteiger partial charge in [-0.25, -0.2) is 4.39 Å².